The smallest absolute Gasteiger partial charge is 0.328 e. The normalized spacial score (nSPS) is 11.9. The van der Waals surface area contributed by atoms with Gasteiger partial charge in [0.25, 0.3) is 0 Å². The summed E-state index contributed by atoms with van der Waals surface area (Å²) >= 11 is 0. The van der Waals surface area contributed by atoms with Crippen LogP contribution in [0.3, 0.4) is 0 Å². The van der Waals surface area contributed by atoms with Gasteiger partial charge in [-0.15, -0.1) is 0 Å². The van der Waals surface area contributed by atoms with E-state index >= 15 is 0 Å². The fourth-order valence-corrected chi connectivity index (χ4v) is 0.699. The number of aliphatic hydroxyl groups is 1. The van der Waals surface area contributed by atoms with E-state index in [4.69, 9.17) is 15.9 Å². The Morgan fingerprint density at radius 1 is 1.43 bits per heavy atom. The Labute approximate surface area is 81.3 Å². The van der Waals surface area contributed by atoms with Gasteiger partial charge in [-0.25, -0.2) is 9.59 Å². The molecule has 1 unspecified atom stereocenters. The van der Waals surface area contributed by atoms with Crippen LogP contribution in [0.4, 0.5) is 4.79 Å². The second-order valence-electron chi connectivity index (χ2n) is 2.62. The minimum Gasteiger partial charge on any atom is -0.480 e. The van der Waals surface area contributed by atoms with Crippen LogP contribution in [-0.2, 0) is 4.79 Å². The van der Waals surface area contributed by atoms with Crippen LogP contribution in [0.2, 0.25) is 0 Å². The number of aliphatic hydroxyl groups excluding tert-OH is 1. The molecule has 2 amide bonds. The molecular formula is C7H15N3O4. The van der Waals surface area contributed by atoms with E-state index in [-0.39, 0.29) is 0 Å². The number of hydrogen-bond acceptors (Lipinski definition) is 4. The summed E-state index contributed by atoms with van der Waals surface area (Å²) in [4.78, 5) is 21.3. The van der Waals surface area contributed by atoms with Crippen LogP contribution in [-0.4, -0.2) is 48.0 Å². The summed E-state index contributed by atoms with van der Waals surface area (Å²) in [6, 6.07) is -1.90. The maximum Gasteiger partial charge on any atom is 0.328 e. The van der Waals surface area contributed by atoms with Crippen molar-refractivity contribution in [2.24, 2.45) is 5.73 Å². The zero-order valence-electron chi connectivity index (χ0n) is 7.69. The van der Waals surface area contributed by atoms with Crippen LogP contribution < -0.4 is 16.4 Å². The molecular weight excluding hydrogens is 190 g/mol. The fraction of sp³-hybridized carbons (Fsp3) is 0.714. The number of nitrogens with two attached hydrogens (primary N) is 1. The minimum absolute atomic E-state index is 0.375. The highest BCUT2D eigenvalue weighted by atomic mass is 16.4. The van der Waals surface area contributed by atoms with E-state index in [0.717, 1.165) is 0 Å². The Hall–Kier alpha value is -1.34. The highest BCUT2D eigenvalue weighted by Gasteiger charge is 2.17. The quantitative estimate of drug-likeness (QED) is 0.323. The monoisotopic (exact) mass is 205 g/mol. The van der Waals surface area contributed by atoms with Crippen LogP contribution in [0.15, 0.2) is 0 Å². The minimum atomic E-state index is -1.28. The first-order valence-corrected chi connectivity index (χ1v) is 4.20. The van der Waals surface area contributed by atoms with Gasteiger partial charge in [0, 0.05) is 6.54 Å². The van der Waals surface area contributed by atoms with Gasteiger partial charge in [-0.3, -0.25) is 0 Å². The van der Waals surface area contributed by atoms with Gasteiger partial charge < -0.3 is 26.6 Å². The van der Waals surface area contributed by atoms with Gasteiger partial charge in [0.05, 0.1) is 6.61 Å². The highest BCUT2D eigenvalue weighted by Crippen LogP contribution is 1.82. The summed E-state index contributed by atoms with van der Waals surface area (Å²) < 4.78 is 0. The predicted molar refractivity (Wildman–Crippen MR) is 48.7 cm³/mol. The molecule has 0 fully saturated rings. The number of carbonyl (C=O) groups excluding carboxylic acids is 1. The third kappa shape index (κ3) is 5.33. The lowest BCUT2D eigenvalue weighted by Gasteiger charge is -2.12. The Bertz CT molecular complexity index is 197. The van der Waals surface area contributed by atoms with Crippen molar-refractivity contribution in [1.82, 2.24) is 10.6 Å². The zero-order chi connectivity index (χ0) is 11.0. The topological polar surface area (TPSA) is 125 Å². The molecule has 0 aliphatic carbocycles. The van der Waals surface area contributed by atoms with E-state index < -0.39 is 24.6 Å². The number of carbonyl (C=O) groups is 2. The van der Waals surface area contributed by atoms with Gasteiger partial charge in [-0.05, 0) is 13.0 Å². The van der Waals surface area contributed by atoms with Gasteiger partial charge in [-0.1, -0.05) is 0 Å². The number of urea groups is 1. The number of amides is 2. The molecule has 0 bridgehead atoms. The Morgan fingerprint density at radius 2 is 2.07 bits per heavy atom. The van der Waals surface area contributed by atoms with Crippen molar-refractivity contribution >= 4 is 12.0 Å². The standard InChI is InChI=1S/C7H15N3O4/c8-2-1-3-9-7(14)10-5(4-11)6(12)13/h5,11H,1-4,8H2,(H,12,13)(H2,9,10,14). The molecule has 6 N–H and O–H groups in total. The van der Waals surface area contributed by atoms with Crippen molar-refractivity contribution in [3.05, 3.63) is 0 Å². The van der Waals surface area contributed by atoms with Crippen molar-refractivity contribution in [2.45, 2.75) is 12.5 Å². The first kappa shape index (κ1) is 12.7. The maximum atomic E-state index is 11.0. The molecule has 0 aliphatic rings. The summed E-state index contributed by atoms with van der Waals surface area (Å²) in [6.45, 7) is 0.183. The third-order valence-corrected chi connectivity index (χ3v) is 1.45. The number of carboxylic acid groups (broad SMARTS) is 1. The number of rotatable bonds is 6. The fourth-order valence-electron chi connectivity index (χ4n) is 0.699. The first-order valence-electron chi connectivity index (χ1n) is 4.20. The van der Waals surface area contributed by atoms with Crippen LogP contribution in [0, 0.1) is 0 Å². The molecule has 0 spiro atoms. The first-order chi connectivity index (χ1) is 6.61. The lowest BCUT2D eigenvalue weighted by molar-refractivity contribution is -0.140. The second kappa shape index (κ2) is 7.10. The van der Waals surface area contributed by atoms with Gasteiger partial charge in [0.15, 0.2) is 6.04 Å². The van der Waals surface area contributed by atoms with Gasteiger partial charge in [0.1, 0.15) is 0 Å². The van der Waals surface area contributed by atoms with E-state index in [2.05, 4.69) is 10.6 Å². The van der Waals surface area contributed by atoms with Crippen LogP contribution in [0.25, 0.3) is 0 Å². The molecule has 0 aliphatic heterocycles. The summed E-state index contributed by atoms with van der Waals surface area (Å²) in [7, 11) is 0. The molecule has 1 atom stereocenters. The van der Waals surface area contributed by atoms with Crippen molar-refractivity contribution in [3.8, 4) is 0 Å². The van der Waals surface area contributed by atoms with Gasteiger partial charge in [-0.2, -0.15) is 0 Å². The zero-order valence-corrected chi connectivity index (χ0v) is 7.69. The lowest BCUT2D eigenvalue weighted by Crippen LogP contribution is -2.48. The van der Waals surface area contributed by atoms with Crippen molar-refractivity contribution < 1.29 is 19.8 Å². The van der Waals surface area contributed by atoms with E-state index in [0.29, 0.717) is 19.5 Å². The Morgan fingerprint density at radius 3 is 2.50 bits per heavy atom. The maximum absolute atomic E-state index is 11.0. The van der Waals surface area contributed by atoms with E-state index in [1.54, 1.807) is 0 Å². The molecule has 14 heavy (non-hydrogen) atoms. The number of aliphatic carboxylic acids is 1. The molecule has 0 saturated heterocycles. The second-order valence-corrected chi connectivity index (χ2v) is 2.62. The summed E-state index contributed by atoms with van der Waals surface area (Å²) in [5.74, 6) is -1.28. The number of carboxylic acids is 1. The molecule has 0 aromatic rings. The molecule has 0 aromatic carbocycles. The average molecular weight is 205 g/mol. The highest BCUT2D eigenvalue weighted by molar-refractivity contribution is 5.82. The largest absolute Gasteiger partial charge is 0.480 e. The summed E-state index contributed by atoms with van der Waals surface area (Å²) in [5, 5.41) is 21.5. The van der Waals surface area contributed by atoms with E-state index in [1.165, 1.54) is 0 Å². The lowest BCUT2D eigenvalue weighted by atomic mass is 10.3. The van der Waals surface area contributed by atoms with Crippen molar-refractivity contribution in [2.75, 3.05) is 19.7 Å². The molecule has 82 valence electrons. The van der Waals surface area contributed by atoms with Crippen LogP contribution >= 0.6 is 0 Å². The van der Waals surface area contributed by atoms with Gasteiger partial charge in [0.2, 0.25) is 0 Å². The van der Waals surface area contributed by atoms with Crippen LogP contribution in [0.5, 0.6) is 0 Å². The van der Waals surface area contributed by atoms with E-state index in [1.807, 2.05) is 0 Å². The predicted octanol–water partition coefficient (Wildman–Crippen LogP) is -1.92. The molecule has 7 nitrogen and oxygen atoms in total. The number of hydrogen-bond donors (Lipinski definition) is 5. The molecule has 0 rings (SSSR count). The summed E-state index contributed by atoms with van der Waals surface area (Å²) in [6.07, 6.45) is 0.615. The van der Waals surface area contributed by atoms with Crippen molar-refractivity contribution in [1.29, 1.82) is 0 Å². The summed E-state index contributed by atoms with van der Waals surface area (Å²) in [5.41, 5.74) is 5.18. The molecule has 7 heteroatoms. The number of nitrogens with one attached hydrogen (secondary N) is 2. The Balaban J connectivity index is 3.74. The molecule has 0 radical (unpaired) electrons. The van der Waals surface area contributed by atoms with Gasteiger partial charge >= 0.3 is 12.0 Å². The molecule has 0 heterocycles. The van der Waals surface area contributed by atoms with Crippen LogP contribution in [0.1, 0.15) is 6.42 Å². The molecule has 0 aromatic heterocycles. The third-order valence-electron chi connectivity index (χ3n) is 1.45. The SMILES string of the molecule is NCCCNC(=O)NC(CO)C(=O)O. The average Bonchev–Trinajstić information content (AvgIpc) is 2.14. The Kier molecular flexibility index (Phi) is 6.42. The molecule has 0 saturated carbocycles. The van der Waals surface area contributed by atoms with Crippen molar-refractivity contribution in [3.63, 3.8) is 0 Å². The van der Waals surface area contributed by atoms with E-state index in [9.17, 15) is 9.59 Å².